The van der Waals surface area contributed by atoms with E-state index >= 15 is 0 Å². The molecule has 5 nitrogen and oxygen atoms in total. The Bertz CT molecular complexity index is 720. The van der Waals surface area contributed by atoms with Crippen LogP contribution < -0.4 is 5.69 Å². The summed E-state index contributed by atoms with van der Waals surface area (Å²) in [4.78, 5) is 26.6. The Hall–Kier alpha value is -2.04. The predicted octanol–water partition coefficient (Wildman–Crippen LogP) is 2.71. The highest BCUT2D eigenvalue weighted by atomic mass is 16.4. The number of aromatic carboxylic acids is 1. The number of carboxylic acids is 1. The number of hydrogen-bond acceptors (Lipinski definition) is 2. The Kier molecular flexibility index (Phi) is 2.92. The molecule has 2 aromatic rings. The van der Waals surface area contributed by atoms with E-state index in [0.717, 1.165) is 25.7 Å². The zero-order chi connectivity index (χ0) is 14.3. The quantitative estimate of drug-likeness (QED) is 0.884. The van der Waals surface area contributed by atoms with Crippen LogP contribution in [0.4, 0.5) is 0 Å². The van der Waals surface area contributed by atoms with Gasteiger partial charge >= 0.3 is 11.7 Å². The number of nitrogens with one attached hydrogen (secondary N) is 1. The van der Waals surface area contributed by atoms with E-state index in [9.17, 15) is 14.7 Å². The number of carboxylic acid groups (broad SMARTS) is 1. The number of H-pyrrole nitrogens is 1. The van der Waals surface area contributed by atoms with Gasteiger partial charge in [0.25, 0.3) is 0 Å². The number of benzene rings is 1. The van der Waals surface area contributed by atoms with Gasteiger partial charge in [-0.3, -0.25) is 4.57 Å². The minimum absolute atomic E-state index is 0.188. The molecule has 0 aliphatic heterocycles. The van der Waals surface area contributed by atoms with Crippen molar-refractivity contribution in [3.05, 3.63) is 34.2 Å². The number of fused-ring (bicyclic) bond motifs is 1. The van der Waals surface area contributed by atoms with Crippen LogP contribution >= 0.6 is 0 Å². The lowest BCUT2D eigenvalue weighted by Gasteiger charge is -2.35. The van der Waals surface area contributed by atoms with Gasteiger partial charge in [0.15, 0.2) is 0 Å². The highest BCUT2D eigenvalue weighted by Gasteiger charge is 2.33. The smallest absolute Gasteiger partial charge is 0.337 e. The van der Waals surface area contributed by atoms with E-state index in [4.69, 9.17) is 0 Å². The summed E-state index contributed by atoms with van der Waals surface area (Å²) in [5, 5.41) is 9.37. The molecule has 106 valence electrons. The zero-order valence-electron chi connectivity index (χ0n) is 11.5. The van der Waals surface area contributed by atoms with E-state index in [1.165, 1.54) is 6.42 Å². The van der Waals surface area contributed by atoms with Crippen molar-refractivity contribution in [2.75, 3.05) is 0 Å². The summed E-state index contributed by atoms with van der Waals surface area (Å²) in [5.74, 6) is -0.997. The van der Waals surface area contributed by atoms with Crippen molar-refractivity contribution in [1.82, 2.24) is 9.55 Å². The van der Waals surface area contributed by atoms with Gasteiger partial charge < -0.3 is 10.1 Å². The number of imidazole rings is 1. The standard InChI is InChI=1S/C15H18N2O3/c1-15(8-3-2-4-9-15)17-12-10(13(18)19)6-5-7-11(12)16-14(17)20/h5-7H,2-4,8-9H2,1H3,(H,16,20)(H,18,19). The highest BCUT2D eigenvalue weighted by Crippen LogP contribution is 2.36. The van der Waals surface area contributed by atoms with Crippen molar-refractivity contribution >= 4 is 17.0 Å². The molecule has 1 fully saturated rings. The first-order valence-electron chi connectivity index (χ1n) is 7.00. The first-order valence-corrected chi connectivity index (χ1v) is 7.00. The van der Waals surface area contributed by atoms with Crippen molar-refractivity contribution in [2.24, 2.45) is 0 Å². The molecule has 0 spiro atoms. The average Bonchev–Trinajstić information content (AvgIpc) is 2.75. The molecule has 1 aromatic heterocycles. The molecule has 1 saturated carbocycles. The van der Waals surface area contributed by atoms with Gasteiger partial charge in [-0.1, -0.05) is 25.3 Å². The van der Waals surface area contributed by atoms with Crippen LogP contribution in [-0.4, -0.2) is 20.6 Å². The van der Waals surface area contributed by atoms with Crippen LogP contribution in [0.3, 0.4) is 0 Å². The van der Waals surface area contributed by atoms with Gasteiger partial charge in [0, 0.05) is 5.54 Å². The molecule has 20 heavy (non-hydrogen) atoms. The van der Waals surface area contributed by atoms with Crippen LogP contribution in [0, 0.1) is 0 Å². The van der Waals surface area contributed by atoms with Gasteiger partial charge in [0.05, 0.1) is 16.6 Å². The molecule has 0 radical (unpaired) electrons. The third-order valence-corrected chi connectivity index (χ3v) is 4.41. The molecule has 0 saturated heterocycles. The van der Waals surface area contributed by atoms with E-state index in [-0.39, 0.29) is 16.8 Å². The first-order chi connectivity index (χ1) is 9.53. The van der Waals surface area contributed by atoms with Crippen LogP contribution in [0.25, 0.3) is 11.0 Å². The van der Waals surface area contributed by atoms with Crippen molar-refractivity contribution in [1.29, 1.82) is 0 Å². The van der Waals surface area contributed by atoms with Gasteiger partial charge in [0.1, 0.15) is 0 Å². The number of para-hydroxylation sites is 1. The van der Waals surface area contributed by atoms with Crippen molar-refractivity contribution in [2.45, 2.75) is 44.6 Å². The van der Waals surface area contributed by atoms with Gasteiger partial charge in [-0.15, -0.1) is 0 Å². The number of rotatable bonds is 2. The molecule has 1 aliphatic rings. The summed E-state index contributed by atoms with van der Waals surface area (Å²) < 4.78 is 1.67. The maximum absolute atomic E-state index is 12.3. The van der Waals surface area contributed by atoms with E-state index in [1.54, 1.807) is 22.8 Å². The Labute approximate surface area is 116 Å². The highest BCUT2D eigenvalue weighted by molar-refractivity contribution is 6.01. The predicted molar refractivity (Wildman–Crippen MR) is 76.3 cm³/mol. The fourth-order valence-corrected chi connectivity index (χ4v) is 3.38. The number of aromatic nitrogens is 2. The summed E-state index contributed by atoms with van der Waals surface area (Å²) in [6.45, 7) is 2.06. The molecular formula is C15H18N2O3. The van der Waals surface area contributed by atoms with Crippen LogP contribution in [-0.2, 0) is 5.54 Å². The molecule has 0 bridgehead atoms. The van der Waals surface area contributed by atoms with Crippen molar-refractivity contribution in [3.63, 3.8) is 0 Å². The average molecular weight is 274 g/mol. The molecule has 1 aliphatic carbocycles. The van der Waals surface area contributed by atoms with Crippen LogP contribution in [0.15, 0.2) is 23.0 Å². The summed E-state index contributed by atoms with van der Waals surface area (Å²) in [6.07, 6.45) is 5.15. The normalized spacial score (nSPS) is 18.2. The Morgan fingerprint density at radius 3 is 2.65 bits per heavy atom. The number of carbonyl (C=O) groups is 1. The third-order valence-electron chi connectivity index (χ3n) is 4.41. The Morgan fingerprint density at radius 1 is 1.30 bits per heavy atom. The van der Waals surface area contributed by atoms with Crippen molar-refractivity contribution in [3.8, 4) is 0 Å². The molecule has 3 rings (SSSR count). The van der Waals surface area contributed by atoms with Gasteiger partial charge in [-0.2, -0.15) is 0 Å². The van der Waals surface area contributed by atoms with Gasteiger partial charge in [-0.25, -0.2) is 9.59 Å². The minimum atomic E-state index is -0.997. The van der Waals surface area contributed by atoms with Gasteiger partial charge in [0.2, 0.25) is 0 Å². The second-order valence-electron chi connectivity index (χ2n) is 5.83. The van der Waals surface area contributed by atoms with E-state index in [0.29, 0.717) is 11.0 Å². The lowest BCUT2D eigenvalue weighted by atomic mass is 9.83. The lowest BCUT2D eigenvalue weighted by molar-refractivity contribution is 0.0698. The fourth-order valence-electron chi connectivity index (χ4n) is 3.38. The molecule has 0 unspecified atom stereocenters. The monoisotopic (exact) mass is 274 g/mol. The molecule has 0 atom stereocenters. The number of hydrogen-bond donors (Lipinski definition) is 2. The lowest BCUT2D eigenvalue weighted by Crippen LogP contribution is -2.39. The van der Waals surface area contributed by atoms with Gasteiger partial charge in [-0.05, 0) is 31.9 Å². The Morgan fingerprint density at radius 2 is 2.00 bits per heavy atom. The summed E-state index contributed by atoms with van der Waals surface area (Å²) in [6, 6.07) is 4.97. The SMILES string of the molecule is CC1(n2c(=O)[nH]c3cccc(C(=O)O)c32)CCCCC1. The maximum atomic E-state index is 12.3. The zero-order valence-corrected chi connectivity index (χ0v) is 11.5. The summed E-state index contributed by atoms with van der Waals surface area (Å²) in [5.41, 5.74) is 0.806. The molecule has 5 heteroatoms. The second-order valence-corrected chi connectivity index (χ2v) is 5.83. The van der Waals surface area contributed by atoms with E-state index in [2.05, 4.69) is 11.9 Å². The summed E-state index contributed by atoms with van der Waals surface area (Å²) >= 11 is 0. The van der Waals surface area contributed by atoms with Crippen LogP contribution in [0.2, 0.25) is 0 Å². The van der Waals surface area contributed by atoms with E-state index in [1.807, 2.05) is 0 Å². The van der Waals surface area contributed by atoms with Crippen molar-refractivity contribution < 1.29 is 9.90 Å². The molecule has 0 amide bonds. The molecule has 1 aromatic carbocycles. The number of nitrogens with zero attached hydrogens (tertiary/aromatic N) is 1. The maximum Gasteiger partial charge on any atom is 0.337 e. The molecular weight excluding hydrogens is 256 g/mol. The first kappa shape index (κ1) is 13.0. The minimum Gasteiger partial charge on any atom is -0.478 e. The molecule has 1 heterocycles. The molecule has 2 N–H and O–H groups in total. The summed E-state index contributed by atoms with van der Waals surface area (Å²) in [7, 11) is 0. The third kappa shape index (κ3) is 1.85. The fraction of sp³-hybridized carbons (Fsp3) is 0.467. The van der Waals surface area contributed by atoms with E-state index < -0.39 is 5.97 Å². The van der Waals surface area contributed by atoms with Crippen LogP contribution in [0.1, 0.15) is 49.4 Å². The second kappa shape index (κ2) is 4.51. The topological polar surface area (TPSA) is 75.1 Å². The Balaban J connectivity index is 2.32. The van der Waals surface area contributed by atoms with Crippen LogP contribution in [0.5, 0.6) is 0 Å². The number of aromatic amines is 1. The largest absolute Gasteiger partial charge is 0.478 e.